The van der Waals surface area contributed by atoms with Gasteiger partial charge in [0.25, 0.3) is 0 Å². The van der Waals surface area contributed by atoms with Gasteiger partial charge in [0.05, 0.1) is 11.8 Å². The molecule has 1 aromatic carbocycles. The third-order valence-electron chi connectivity index (χ3n) is 3.74. The molecule has 3 rings (SSSR count). The van der Waals surface area contributed by atoms with Gasteiger partial charge in [-0.25, -0.2) is 0 Å². The summed E-state index contributed by atoms with van der Waals surface area (Å²) in [5, 5.41) is 15.2. The van der Waals surface area contributed by atoms with E-state index >= 15 is 0 Å². The van der Waals surface area contributed by atoms with E-state index in [2.05, 4.69) is 27.8 Å². The first kappa shape index (κ1) is 13.1. The highest BCUT2D eigenvalue weighted by molar-refractivity contribution is 5.38. The molecule has 0 saturated carbocycles. The summed E-state index contributed by atoms with van der Waals surface area (Å²) < 4.78 is 7.42. The number of benzene rings is 1. The number of anilines is 1. The molecule has 1 aliphatic heterocycles. The van der Waals surface area contributed by atoms with Crippen LogP contribution >= 0.6 is 0 Å². The molecule has 2 aromatic rings. The zero-order valence-electron chi connectivity index (χ0n) is 11.6. The van der Waals surface area contributed by atoms with Crippen molar-refractivity contribution >= 4 is 5.95 Å². The Kier molecular flexibility index (Phi) is 3.92. The molecule has 106 valence electrons. The van der Waals surface area contributed by atoms with Gasteiger partial charge in [-0.1, -0.05) is 30.2 Å². The third-order valence-corrected chi connectivity index (χ3v) is 3.74. The SMILES string of the molecule is CCC1OCCC1CNc1nnnn1-c1ccccc1. The van der Waals surface area contributed by atoms with Crippen LogP contribution < -0.4 is 5.32 Å². The molecule has 2 atom stereocenters. The molecule has 1 fully saturated rings. The lowest BCUT2D eigenvalue weighted by molar-refractivity contribution is 0.0899. The average molecular weight is 273 g/mol. The van der Waals surface area contributed by atoms with E-state index in [1.807, 2.05) is 30.3 Å². The van der Waals surface area contributed by atoms with E-state index in [9.17, 15) is 0 Å². The molecule has 0 spiro atoms. The fourth-order valence-corrected chi connectivity index (χ4v) is 2.64. The van der Waals surface area contributed by atoms with Crippen molar-refractivity contribution in [1.82, 2.24) is 20.2 Å². The van der Waals surface area contributed by atoms with Crippen LogP contribution in [0, 0.1) is 5.92 Å². The molecule has 0 radical (unpaired) electrons. The van der Waals surface area contributed by atoms with Crippen LogP contribution in [-0.4, -0.2) is 39.5 Å². The van der Waals surface area contributed by atoms with E-state index in [4.69, 9.17) is 4.74 Å². The number of hydrogen-bond donors (Lipinski definition) is 1. The number of aromatic nitrogens is 4. The lowest BCUT2D eigenvalue weighted by Gasteiger charge is -2.17. The van der Waals surface area contributed by atoms with Crippen LogP contribution in [0.3, 0.4) is 0 Å². The third kappa shape index (κ3) is 2.65. The van der Waals surface area contributed by atoms with E-state index < -0.39 is 0 Å². The Morgan fingerprint density at radius 2 is 2.20 bits per heavy atom. The Balaban J connectivity index is 1.68. The maximum absolute atomic E-state index is 5.70. The molecule has 1 aromatic heterocycles. The molecule has 0 aliphatic carbocycles. The lowest BCUT2D eigenvalue weighted by Crippen LogP contribution is -2.24. The molecule has 1 N–H and O–H groups in total. The number of hydrogen-bond acceptors (Lipinski definition) is 5. The largest absolute Gasteiger partial charge is 0.378 e. The van der Waals surface area contributed by atoms with Crippen LogP contribution in [0.2, 0.25) is 0 Å². The van der Waals surface area contributed by atoms with Gasteiger partial charge in [-0.2, -0.15) is 4.68 Å². The van der Waals surface area contributed by atoms with Crippen LogP contribution in [0.4, 0.5) is 5.95 Å². The summed E-state index contributed by atoms with van der Waals surface area (Å²) in [7, 11) is 0. The number of nitrogens with one attached hydrogen (secondary N) is 1. The van der Waals surface area contributed by atoms with Crippen molar-refractivity contribution in [2.75, 3.05) is 18.5 Å². The Hall–Kier alpha value is -1.95. The smallest absolute Gasteiger partial charge is 0.247 e. The summed E-state index contributed by atoms with van der Waals surface area (Å²) in [4.78, 5) is 0. The first-order valence-corrected chi connectivity index (χ1v) is 7.07. The van der Waals surface area contributed by atoms with Crippen molar-refractivity contribution in [3.05, 3.63) is 30.3 Å². The second-order valence-electron chi connectivity index (χ2n) is 5.00. The van der Waals surface area contributed by atoms with E-state index in [1.54, 1.807) is 4.68 Å². The van der Waals surface area contributed by atoms with Gasteiger partial charge < -0.3 is 10.1 Å². The monoisotopic (exact) mass is 273 g/mol. The minimum atomic E-state index is 0.351. The Labute approximate surface area is 118 Å². The topological polar surface area (TPSA) is 64.9 Å². The molecular weight excluding hydrogens is 254 g/mol. The summed E-state index contributed by atoms with van der Waals surface area (Å²) in [6.45, 7) is 3.86. The zero-order valence-corrected chi connectivity index (χ0v) is 11.6. The molecule has 6 nitrogen and oxygen atoms in total. The minimum absolute atomic E-state index is 0.351. The summed E-state index contributed by atoms with van der Waals surface area (Å²) in [5.41, 5.74) is 0.953. The predicted octanol–water partition coefficient (Wildman–Crippen LogP) is 1.89. The molecule has 0 amide bonds. The predicted molar refractivity (Wildman–Crippen MR) is 75.8 cm³/mol. The molecule has 2 unspecified atom stereocenters. The number of rotatable bonds is 5. The molecular formula is C14H19N5O. The second-order valence-corrected chi connectivity index (χ2v) is 5.00. The number of ether oxygens (including phenoxy) is 1. The Morgan fingerprint density at radius 1 is 1.35 bits per heavy atom. The molecule has 0 bridgehead atoms. The number of tetrazole rings is 1. The van der Waals surface area contributed by atoms with Crippen molar-refractivity contribution in [2.45, 2.75) is 25.9 Å². The molecule has 6 heteroatoms. The summed E-state index contributed by atoms with van der Waals surface area (Å²) >= 11 is 0. The minimum Gasteiger partial charge on any atom is -0.378 e. The number of nitrogens with zero attached hydrogens (tertiary/aromatic N) is 4. The average Bonchev–Trinajstić information content (AvgIpc) is 3.14. The van der Waals surface area contributed by atoms with E-state index in [0.717, 1.165) is 31.7 Å². The maximum Gasteiger partial charge on any atom is 0.247 e. The highest BCUT2D eigenvalue weighted by Crippen LogP contribution is 2.23. The highest BCUT2D eigenvalue weighted by Gasteiger charge is 2.26. The standard InChI is InChI=1S/C14H19N5O/c1-2-13-11(8-9-20-13)10-15-14-16-17-18-19(14)12-6-4-3-5-7-12/h3-7,11,13H,2,8-10H2,1H3,(H,15,16,18). The van der Waals surface area contributed by atoms with Crippen LogP contribution in [0.15, 0.2) is 30.3 Å². The van der Waals surface area contributed by atoms with E-state index in [1.165, 1.54) is 0 Å². The van der Waals surface area contributed by atoms with E-state index in [-0.39, 0.29) is 0 Å². The van der Waals surface area contributed by atoms with Gasteiger partial charge >= 0.3 is 0 Å². The lowest BCUT2D eigenvalue weighted by atomic mass is 10.00. The van der Waals surface area contributed by atoms with Crippen LogP contribution in [-0.2, 0) is 4.74 Å². The van der Waals surface area contributed by atoms with E-state index in [0.29, 0.717) is 18.0 Å². The van der Waals surface area contributed by atoms with Crippen LogP contribution in [0.25, 0.3) is 5.69 Å². The van der Waals surface area contributed by atoms with Crippen LogP contribution in [0.1, 0.15) is 19.8 Å². The second kappa shape index (κ2) is 6.00. The van der Waals surface area contributed by atoms with Gasteiger partial charge in [-0.3, -0.25) is 0 Å². The van der Waals surface area contributed by atoms with Crippen molar-refractivity contribution in [1.29, 1.82) is 0 Å². The van der Waals surface area contributed by atoms with Crippen molar-refractivity contribution in [2.24, 2.45) is 5.92 Å². The van der Waals surface area contributed by atoms with Crippen molar-refractivity contribution < 1.29 is 4.74 Å². The van der Waals surface area contributed by atoms with Gasteiger partial charge in [0.2, 0.25) is 5.95 Å². The zero-order chi connectivity index (χ0) is 13.8. The molecule has 1 saturated heterocycles. The van der Waals surface area contributed by atoms with Gasteiger partial charge in [-0.15, -0.1) is 0 Å². The molecule has 1 aliphatic rings. The fourth-order valence-electron chi connectivity index (χ4n) is 2.64. The summed E-state index contributed by atoms with van der Waals surface area (Å²) in [6, 6.07) is 9.88. The highest BCUT2D eigenvalue weighted by atomic mass is 16.5. The fraction of sp³-hybridized carbons (Fsp3) is 0.500. The Morgan fingerprint density at radius 3 is 3.00 bits per heavy atom. The van der Waals surface area contributed by atoms with Gasteiger partial charge in [-0.05, 0) is 35.4 Å². The quantitative estimate of drug-likeness (QED) is 0.901. The number of para-hydroxylation sites is 1. The normalized spacial score (nSPS) is 22.1. The van der Waals surface area contributed by atoms with Gasteiger partial charge in [0, 0.05) is 19.1 Å². The first-order valence-electron chi connectivity index (χ1n) is 7.07. The van der Waals surface area contributed by atoms with Gasteiger partial charge in [0.15, 0.2) is 0 Å². The van der Waals surface area contributed by atoms with Crippen molar-refractivity contribution in [3.8, 4) is 5.69 Å². The Bertz CT molecular complexity index is 542. The molecule has 2 heterocycles. The van der Waals surface area contributed by atoms with Gasteiger partial charge in [0.1, 0.15) is 0 Å². The summed E-state index contributed by atoms with van der Waals surface area (Å²) in [5.74, 6) is 1.21. The van der Waals surface area contributed by atoms with Crippen molar-refractivity contribution in [3.63, 3.8) is 0 Å². The maximum atomic E-state index is 5.70. The first-order chi connectivity index (χ1) is 9.88. The van der Waals surface area contributed by atoms with Crippen LogP contribution in [0.5, 0.6) is 0 Å². The summed E-state index contributed by atoms with van der Waals surface area (Å²) in [6.07, 6.45) is 2.50. The molecule has 20 heavy (non-hydrogen) atoms.